The molecule has 1 aliphatic heterocycles. The van der Waals surface area contributed by atoms with Gasteiger partial charge in [-0.2, -0.15) is 0 Å². The fraction of sp³-hybridized carbons (Fsp3) is 0.500. The number of hydrogen-bond acceptors (Lipinski definition) is 7. The zero-order valence-corrected chi connectivity index (χ0v) is 30.0. The van der Waals surface area contributed by atoms with Crippen molar-refractivity contribution in [3.05, 3.63) is 64.8 Å². The van der Waals surface area contributed by atoms with E-state index < -0.39 is 21.1 Å². The van der Waals surface area contributed by atoms with Crippen LogP contribution in [0.15, 0.2) is 56.9 Å². The Morgan fingerprint density at radius 1 is 1.08 bits per heavy atom. The molecule has 0 unspecified atom stereocenters. The zero-order chi connectivity index (χ0) is 34.9. The van der Waals surface area contributed by atoms with Gasteiger partial charge in [-0.15, -0.1) is 0 Å². The number of urea groups is 1. The van der Waals surface area contributed by atoms with Gasteiger partial charge in [0.1, 0.15) is 11.4 Å². The molecule has 3 amide bonds. The monoisotopic (exact) mass is 676 g/mol. The van der Waals surface area contributed by atoms with Gasteiger partial charge >= 0.3 is 6.03 Å². The van der Waals surface area contributed by atoms with Gasteiger partial charge in [-0.3, -0.25) is 14.7 Å². The summed E-state index contributed by atoms with van der Waals surface area (Å²) < 4.78 is 35.4. The second-order valence-electron chi connectivity index (χ2n) is 14.1. The highest BCUT2D eigenvalue weighted by molar-refractivity contribution is 7.92. The minimum Gasteiger partial charge on any atom is -0.337 e. The molecule has 258 valence electrons. The number of aryl methyl sites for hydroxylation is 1. The molecule has 1 saturated carbocycles. The van der Waals surface area contributed by atoms with Crippen LogP contribution in [0.4, 0.5) is 10.7 Å². The number of hydrogen-bond donors (Lipinski definition) is 2. The average Bonchev–Trinajstić information content (AvgIpc) is 3.70. The van der Waals surface area contributed by atoms with Crippen LogP contribution >= 0.6 is 0 Å². The lowest BCUT2D eigenvalue weighted by Crippen LogP contribution is -2.46. The number of carbonyl (C=O) groups excluding carboxylic acids is 2. The fourth-order valence-electron chi connectivity index (χ4n) is 6.37. The maximum atomic E-state index is 13.9. The summed E-state index contributed by atoms with van der Waals surface area (Å²) in [6.45, 7) is 11.9. The Morgan fingerprint density at radius 3 is 2.44 bits per heavy atom. The Bertz CT molecular complexity index is 1820. The van der Waals surface area contributed by atoms with E-state index >= 15 is 0 Å². The Morgan fingerprint density at radius 2 is 1.79 bits per heavy atom. The van der Waals surface area contributed by atoms with Gasteiger partial charge in [0.2, 0.25) is 5.88 Å². The number of sulfonamides is 1. The maximum Gasteiger partial charge on any atom is 0.317 e. The van der Waals surface area contributed by atoms with E-state index in [9.17, 15) is 18.0 Å². The lowest BCUT2D eigenvalue weighted by Gasteiger charge is -2.27. The molecule has 0 radical (unpaired) electrons. The average molecular weight is 677 g/mol. The van der Waals surface area contributed by atoms with Crippen molar-refractivity contribution < 1.29 is 22.5 Å². The van der Waals surface area contributed by atoms with E-state index in [1.807, 2.05) is 43.9 Å². The van der Waals surface area contributed by atoms with Crippen molar-refractivity contribution in [2.24, 2.45) is 4.99 Å². The van der Waals surface area contributed by atoms with E-state index in [4.69, 9.17) is 9.52 Å². The zero-order valence-electron chi connectivity index (χ0n) is 29.1. The van der Waals surface area contributed by atoms with Crippen LogP contribution in [-0.4, -0.2) is 59.3 Å². The second kappa shape index (κ2) is 13.7. The molecule has 2 aliphatic rings. The van der Waals surface area contributed by atoms with Gasteiger partial charge < -0.3 is 14.7 Å². The number of amidine groups is 1. The molecule has 2 N–H and O–H groups in total. The highest BCUT2D eigenvalue weighted by Gasteiger charge is 2.49. The molecule has 0 saturated heterocycles. The molecule has 2 heterocycles. The van der Waals surface area contributed by atoms with E-state index in [-0.39, 0.29) is 29.3 Å². The lowest BCUT2D eigenvalue weighted by molar-refractivity contribution is -0.131. The van der Waals surface area contributed by atoms with E-state index in [1.165, 1.54) is 0 Å². The highest BCUT2D eigenvalue weighted by Crippen LogP contribution is 2.40. The van der Waals surface area contributed by atoms with Crippen LogP contribution < -0.4 is 10.0 Å². The lowest BCUT2D eigenvalue weighted by atomic mass is 9.96. The first kappa shape index (κ1) is 35.1. The van der Waals surface area contributed by atoms with Gasteiger partial charge in [0.15, 0.2) is 0 Å². The number of aliphatic imine (C=N–C) groups is 1. The number of carbonyl (C=O) groups is 2. The SMILES string of the molecule is CCCCC1=NC2(CCCC2)C(=O)N1Cc1ccc(-c2ccccc2S(=O)(=O)Nc2onc(C)c2C)c(CN(C)C(=O)NC(C)(C)C)c1. The minimum absolute atomic E-state index is 0.0566. The van der Waals surface area contributed by atoms with Gasteiger partial charge in [0.25, 0.3) is 15.9 Å². The predicted octanol–water partition coefficient (Wildman–Crippen LogP) is 6.94. The smallest absolute Gasteiger partial charge is 0.317 e. The standard InChI is InChI=1S/C36H48N6O5S/c1-8-9-16-31-37-36(19-12-13-20-36)33(43)42(31)22-26-17-18-28(27(21-26)23-41(7)34(44)38-35(4,5)6)29-14-10-11-15-30(29)48(45,46)40-32-24(2)25(3)39-47-32/h10-11,14-15,17-18,21,40H,8-9,12-13,16,19-20,22-23H2,1-7H3,(H,38,44). The fourth-order valence-corrected chi connectivity index (χ4v) is 7.64. The van der Waals surface area contributed by atoms with Gasteiger partial charge in [-0.05, 0) is 76.6 Å². The molecule has 0 bridgehead atoms. The third-order valence-corrected chi connectivity index (χ3v) is 10.5. The molecule has 48 heavy (non-hydrogen) atoms. The topological polar surface area (TPSA) is 137 Å². The van der Waals surface area contributed by atoms with Crippen molar-refractivity contribution >= 4 is 33.7 Å². The summed E-state index contributed by atoms with van der Waals surface area (Å²) in [6, 6.07) is 12.3. The Kier molecular flexibility index (Phi) is 10.1. The van der Waals surface area contributed by atoms with E-state index in [0.717, 1.165) is 61.9 Å². The van der Waals surface area contributed by atoms with Crippen molar-refractivity contribution in [1.82, 2.24) is 20.3 Å². The first-order valence-electron chi connectivity index (χ1n) is 16.7. The number of nitrogens with zero attached hydrogens (tertiary/aromatic N) is 4. The molecule has 1 aromatic heterocycles. The quantitative estimate of drug-likeness (QED) is 0.226. The van der Waals surface area contributed by atoms with Gasteiger partial charge in [0.05, 0.1) is 17.1 Å². The Labute approximate surface area is 284 Å². The molecule has 1 fully saturated rings. The largest absolute Gasteiger partial charge is 0.337 e. The summed E-state index contributed by atoms with van der Waals surface area (Å²) in [5.74, 6) is 0.975. The van der Waals surface area contributed by atoms with Crippen LogP contribution in [0.3, 0.4) is 0 Å². The van der Waals surface area contributed by atoms with E-state index in [0.29, 0.717) is 28.9 Å². The first-order chi connectivity index (χ1) is 22.6. The number of rotatable bonds is 11. The van der Waals surface area contributed by atoms with Crippen LogP contribution in [0.2, 0.25) is 0 Å². The van der Waals surface area contributed by atoms with Crippen molar-refractivity contribution in [3.8, 4) is 11.1 Å². The molecule has 1 aliphatic carbocycles. The molecular formula is C36H48N6O5S. The normalized spacial score (nSPS) is 16.0. The maximum absolute atomic E-state index is 13.9. The number of amides is 3. The Balaban J connectivity index is 1.54. The van der Waals surface area contributed by atoms with Crippen LogP contribution in [0, 0.1) is 13.8 Å². The summed E-state index contributed by atoms with van der Waals surface area (Å²) >= 11 is 0. The van der Waals surface area contributed by atoms with Gasteiger partial charge in [0, 0.05) is 36.7 Å². The third-order valence-electron chi connectivity index (χ3n) is 9.08. The Hall–Kier alpha value is -4.19. The molecule has 5 rings (SSSR count). The highest BCUT2D eigenvalue weighted by atomic mass is 32.2. The first-order valence-corrected chi connectivity index (χ1v) is 18.2. The molecule has 11 nitrogen and oxygen atoms in total. The minimum atomic E-state index is -4.10. The number of unbranched alkanes of at least 4 members (excludes halogenated alkanes) is 1. The summed E-state index contributed by atoms with van der Waals surface area (Å²) in [6.07, 6.45) is 6.25. The van der Waals surface area contributed by atoms with Crippen LogP contribution in [0.25, 0.3) is 11.1 Å². The third kappa shape index (κ3) is 7.43. The van der Waals surface area contributed by atoms with Crippen LogP contribution in [0.1, 0.15) is 95.0 Å². The van der Waals surface area contributed by atoms with E-state index in [1.54, 1.807) is 50.1 Å². The van der Waals surface area contributed by atoms with Crippen molar-refractivity contribution in [1.29, 1.82) is 0 Å². The second-order valence-corrected chi connectivity index (χ2v) is 15.8. The summed E-state index contributed by atoms with van der Waals surface area (Å²) in [4.78, 5) is 35.6. The molecule has 2 aromatic carbocycles. The molecule has 0 atom stereocenters. The number of nitrogens with one attached hydrogen (secondary N) is 2. The van der Waals surface area contributed by atoms with E-state index in [2.05, 4.69) is 22.1 Å². The molecule has 12 heteroatoms. The number of anilines is 1. The number of benzene rings is 2. The van der Waals surface area contributed by atoms with Crippen molar-refractivity contribution in [2.45, 2.75) is 116 Å². The van der Waals surface area contributed by atoms with Crippen LogP contribution in [-0.2, 0) is 27.9 Å². The van der Waals surface area contributed by atoms with Gasteiger partial charge in [-0.1, -0.05) is 67.7 Å². The van der Waals surface area contributed by atoms with Crippen molar-refractivity contribution in [2.75, 3.05) is 11.8 Å². The number of aromatic nitrogens is 1. The molecule has 3 aromatic rings. The van der Waals surface area contributed by atoms with Gasteiger partial charge in [-0.25, -0.2) is 17.9 Å². The predicted molar refractivity (Wildman–Crippen MR) is 187 cm³/mol. The molecule has 1 spiro atoms. The summed E-state index contributed by atoms with van der Waals surface area (Å²) in [5.41, 5.74) is 2.84. The molecular weight excluding hydrogens is 628 g/mol. The van der Waals surface area contributed by atoms with Crippen molar-refractivity contribution in [3.63, 3.8) is 0 Å². The summed E-state index contributed by atoms with van der Waals surface area (Å²) in [7, 11) is -2.39. The summed E-state index contributed by atoms with van der Waals surface area (Å²) in [5, 5.41) is 6.88. The van der Waals surface area contributed by atoms with Crippen LogP contribution in [0.5, 0.6) is 0 Å².